The summed E-state index contributed by atoms with van der Waals surface area (Å²) in [5.74, 6) is -1.80. The van der Waals surface area contributed by atoms with E-state index in [9.17, 15) is 18.3 Å². The van der Waals surface area contributed by atoms with E-state index in [1.165, 1.54) is 12.1 Å². The van der Waals surface area contributed by atoms with Gasteiger partial charge in [-0.15, -0.1) is 0 Å². The van der Waals surface area contributed by atoms with E-state index in [-0.39, 0.29) is 11.6 Å². The second-order valence-corrected chi connectivity index (χ2v) is 8.06. The second-order valence-electron chi connectivity index (χ2n) is 6.47. The molecule has 0 radical (unpaired) electrons. The van der Waals surface area contributed by atoms with Gasteiger partial charge in [0.05, 0.1) is 5.69 Å². The molecule has 144 valence electrons. The van der Waals surface area contributed by atoms with Crippen molar-refractivity contribution in [3.05, 3.63) is 24.0 Å². The summed E-state index contributed by atoms with van der Waals surface area (Å²) in [5.41, 5.74) is 5.61. The average Bonchev–Trinajstić information content (AvgIpc) is 3.27. The molecule has 27 heavy (non-hydrogen) atoms. The highest BCUT2D eigenvalue weighted by molar-refractivity contribution is 7.92. The van der Waals surface area contributed by atoms with E-state index >= 15 is 4.39 Å². The van der Waals surface area contributed by atoms with Crippen molar-refractivity contribution in [1.29, 1.82) is 0 Å². The molecule has 1 aromatic carbocycles. The largest absolute Gasteiger partial charge is 0.506 e. The van der Waals surface area contributed by atoms with Crippen LogP contribution in [0, 0.1) is 5.82 Å². The number of nitrogens with zero attached hydrogens (tertiary/aromatic N) is 3. The van der Waals surface area contributed by atoms with Gasteiger partial charge in [-0.25, -0.2) is 13.4 Å². The smallest absolute Gasteiger partial charge is 0.326 e. The number of amides is 1. The lowest BCUT2D eigenvalue weighted by atomic mass is 10.1. The molecule has 1 amide bonds. The number of benzene rings is 1. The van der Waals surface area contributed by atoms with E-state index in [4.69, 9.17) is 5.73 Å². The van der Waals surface area contributed by atoms with E-state index < -0.39 is 39.9 Å². The summed E-state index contributed by atoms with van der Waals surface area (Å²) >= 11 is 0. The summed E-state index contributed by atoms with van der Waals surface area (Å²) in [6.45, 7) is 0.748. The fourth-order valence-electron chi connectivity index (χ4n) is 3.25. The number of nitrogens with one attached hydrogen (secondary N) is 2. The summed E-state index contributed by atoms with van der Waals surface area (Å²) in [7, 11) is -4.26. The number of rotatable bonds is 3. The quantitative estimate of drug-likeness (QED) is 0.554. The van der Waals surface area contributed by atoms with Gasteiger partial charge in [0, 0.05) is 30.8 Å². The molecular formula is C15H17FN6O4S. The van der Waals surface area contributed by atoms with Crippen molar-refractivity contribution < 1.29 is 22.7 Å². The molecule has 5 N–H and O–H groups in total. The number of hydrogen-bond acceptors (Lipinski definition) is 7. The van der Waals surface area contributed by atoms with Gasteiger partial charge in [-0.1, -0.05) is 0 Å². The van der Waals surface area contributed by atoms with Crippen molar-refractivity contribution in [3.63, 3.8) is 0 Å². The number of hydrogen-bond donors (Lipinski definition) is 4. The highest BCUT2D eigenvalue weighted by Crippen LogP contribution is 2.38. The third-order valence-electron chi connectivity index (χ3n) is 4.57. The maximum Gasteiger partial charge on any atom is 0.326 e. The maximum absolute atomic E-state index is 15.1. The first kappa shape index (κ1) is 17.5. The highest BCUT2D eigenvalue weighted by atomic mass is 32.2. The van der Waals surface area contributed by atoms with Crippen LogP contribution in [0.3, 0.4) is 0 Å². The Morgan fingerprint density at radius 2 is 2.15 bits per heavy atom. The predicted molar refractivity (Wildman–Crippen MR) is 94.9 cm³/mol. The van der Waals surface area contributed by atoms with Gasteiger partial charge >= 0.3 is 10.2 Å². The van der Waals surface area contributed by atoms with E-state index in [2.05, 4.69) is 10.2 Å². The lowest BCUT2D eigenvalue weighted by Crippen LogP contribution is -2.30. The van der Waals surface area contributed by atoms with Crippen LogP contribution in [0.5, 0.6) is 5.75 Å². The highest BCUT2D eigenvalue weighted by Gasteiger charge is 2.38. The third-order valence-corrected chi connectivity index (χ3v) is 5.95. The lowest BCUT2D eigenvalue weighted by Gasteiger charge is -2.18. The van der Waals surface area contributed by atoms with Gasteiger partial charge in [-0.3, -0.25) is 9.89 Å². The molecule has 2 aliphatic rings. The van der Waals surface area contributed by atoms with Gasteiger partial charge in [0.15, 0.2) is 11.6 Å². The molecular weight excluding hydrogens is 379 g/mol. The molecule has 0 saturated carbocycles. The topological polar surface area (TPSA) is 145 Å². The van der Waals surface area contributed by atoms with Crippen molar-refractivity contribution in [2.24, 2.45) is 5.73 Å². The molecule has 2 fully saturated rings. The number of phenolic OH excluding ortho intramolecular Hbond substituents is 1. The summed E-state index contributed by atoms with van der Waals surface area (Å²) in [4.78, 5) is 13.4. The van der Waals surface area contributed by atoms with Gasteiger partial charge in [0.1, 0.15) is 18.0 Å². The number of aromatic amines is 1. The number of aromatic nitrogens is 2. The van der Waals surface area contributed by atoms with Crippen molar-refractivity contribution in [2.75, 3.05) is 28.8 Å². The van der Waals surface area contributed by atoms with Gasteiger partial charge in [-0.05, 0) is 18.6 Å². The van der Waals surface area contributed by atoms with Crippen LogP contribution in [0.1, 0.15) is 6.42 Å². The number of H-pyrrole nitrogens is 1. The van der Waals surface area contributed by atoms with Crippen LogP contribution in [0.25, 0.3) is 11.3 Å². The fraction of sp³-hybridized carbons (Fsp3) is 0.333. The summed E-state index contributed by atoms with van der Waals surface area (Å²) < 4.78 is 41.4. The zero-order chi connectivity index (χ0) is 19.3. The molecule has 3 heterocycles. The van der Waals surface area contributed by atoms with Crippen molar-refractivity contribution in [1.82, 2.24) is 14.9 Å². The van der Waals surface area contributed by atoms with Crippen LogP contribution in [-0.4, -0.2) is 55.3 Å². The molecule has 12 heteroatoms. The van der Waals surface area contributed by atoms with E-state index in [1.54, 1.807) is 10.8 Å². The van der Waals surface area contributed by atoms with Crippen LogP contribution >= 0.6 is 0 Å². The molecule has 1 aromatic heterocycles. The molecule has 0 aliphatic carbocycles. The first-order chi connectivity index (χ1) is 12.8. The minimum absolute atomic E-state index is 0.0135. The Labute approximate surface area is 153 Å². The molecule has 4 rings (SSSR count). The first-order valence-electron chi connectivity index (χ1n) is 8.17. The van der Waals surface area contributed by atoms with Crippen LogP contribution < -0.4 is 19.7 Å². The summed E-state index contributed by atoms with van der Waals surface area (Å²) in [6, 6.07) is 4.14. The molecule has 2 aromatic rings. The number of carbonyl (C=O) groups excluding carboxylic acids is 1. The molecule has 1 atom stereocenters. The monoisotopic (exact) mass is 396 g/mol. The van der Waals surface area contributed by atoms with Gasteiger partial charge < -0.3 is 15.7 Å². The second kappa shape index (κ2) is 6.09. The lowest BCUT2D eigenvalue weighted by molar-refractivity contribution is -0.117. The fourth-order valence-corrected chi connectivity index (χ4v) is 4.42. The van der Waals surface area contributed by atoms with E-state index in [0.29, 0.717) is 22.4 Å². The predicted octanol–water partition coefficient (Wildman–Crippen LogP) is -0.360. The SMILES string of the molecule is NC1CCN(c2cc(-c3ccc(O)c(N4CC(=O)NS4(=O)=O)c3F)[nH]n2)C1. The Morgan fingerprint density at radius 3 is 2.78 bits per heavy atom. The molecule has 0 spiro atoms. The minimum Gasteiger partial charge on any atom is -0.506 e. The van der Waals surface area contributed by atoms with Crippen LogP contribution in [0.15, 0.2) is 18.2 Å². The zero-order valence-electron chi connectivity index (χ0n) is 14.0. The number of nitrogens with two attached hydrogens (primary N) is 1. The molecule has 0 bridgehead atoms. The molecule has 1 unspecified atom stereocenters. The van der Waals surface area contributed by atoms with Crippen molar-refractivity contribution >= 4 is 27.6 Å². The standard InChI is InChI=1S/C15H17FN6O4S/c16-14-9(10-5-12(19-18-10)21-4-3-8(17)6-21)1-2-11(23)15(14)22-7-13(24)20-27(22,25)26/h1-2,5,8,23H,3-4,6-7,17H2,(H,18,19)(H,20,24). The van der Waals surface area contributed by atoms with E-state index in [0.717, 1.165) is 13.0 Å². The Hall–Kier alpha value is -2.86. The number of halogens is 1. The number of carbonyl (C=O) groups is 1. The summed E-state index contributed by atoms with van der Waals surface area (Å²) in [5, 5.41) is 16.9. The van der Waals surface area contributed by atoms with Crippen molar-refractivity contribution in [2.45, 2.75) is 12.5 Å². The first-order valence-corrected chi connectivity index (χ1v) is 9.61. The third kappa shape index (κ3) is 2.96. The Morgan fingerprint density at radius 1 is 1.37 bits per heavy atom. The van der Waals surface area contributed by atoms with Gasteiger partial charge in [-0.2, -0.15) is 13.5 Å². The zero-order valence-corrected chi connectivity index (χ0v) is 14.8. The Bertz CT molecular complexity index is 1020. The Balaban J connectivity index is 1.73. The molecule has 2 saturated heterocycles. The van der Waals surface area contributed by atoms with Gasteiger partial charge in [0.2, 0.25) is 0 Å². The number of phenols is 1. The van der Waals surface area contributed by atoms with Gasteiger partial charge in [0.25, 0.3) is 5.91 Å². The minimum atomic E-state index is -4.26. The normalized spacial score (nSPS) is 21.7. The average molecular weight is 396 g/mol. The number of anilines is 2. The van der Waals surface area contributed by atoms with Crippen LogP contribution in [-0.2, 0) is 15.0 Å². The molecule has 2 aliphatic heterocycles. The maximum atomic E-state index is 15.1. The van der Waals surface area contributed by atoms with Crippen LogP contribution in [0.2, 0.25) is 0 Å². The summed E-state index contributed by atoms with van der Waals surface area (Å²) in [6.07, 6.45) is 0.827. The Kier molecular flexibility index (Phi) is 3.96. The molecule has 10 nitrogen and oxygen atoms in total. The number of aromatic hydroxyl groups is 1. The van der Waals surface area contributed by atoms with Crippen molar-refractivity contribution in [3.8, 4) is 17.0 Å². The van der Waals surface area contributed by atoms with Crippen LogP contribution in [0.4, 0.5) is 15.9 Å². The van der Waals surface area contributed by atoms with E-state index in [1.807, 2.05) is 4.90 Å².